The molecule has 1 aliphatic rings. The minimum Gasteiger partial charge on any atom is -0.338 e. The maximum Gasteiger partial charge on any atom is 0.317 e. The maximum atomic E-state index is 12.3. The Morgan fingerprint density at radius 2 is 1.86 bits per heavy atom. The van der Waals surface area contributed by atoms with Crippen LogP contribution in [-0.2, 0) is 10.0 Å². The summed E-state index contributed by atoms with van der Waals surface area (Å²) in [6.07, 6.45) is 2.16. The van der Waals surface area contributed by atoms with Crippen LogP contribution < -0.4 is 10.0 Å². The largest absolute Gasteiger partial charge is 0.338 e. The Hall–Kier alpha value is -1.60. The first-order chi connectivity index (χ1) is 10.5. The van der Waals surface area contributed by atoms with Gasteiger partial charge in [0, 0.05) is 25.7 Å². The molecule has 0 saturated carbocycles. The Balaban J connectivity index is 1.86. The quantitative estimate of drug-likeness (QED) is 0.862. The molecular weight excluding hydrogens is 302 g/mol. The molecule has 1 aliphatic heterocycles. The molecule has 0 atom stereocenters. The highest BCUT2D eigenvalue weighted by Gasteiger charge is 2.26. The van der Waals surface area contributed by atoms with Gasteiger partial charge in [-0.3, -0.25) is 0 Å². The van der Waals surface area contributed by atoms with Gasteiger partial charge in [-0.25, -0.2) is 17.9 Å². The van der Waals surface area contributed by atoms with Crippen LogP contribution in [0.4, 0.5) is 4.79 Å². The smallest absolute Gasteiger partial charge is 0.317 e. The van der Waals surface area contributed by atoms with Gasteiger partial charge in [-0.1, -0.05) is 25.1 Å². The number of rotatable bonds is 5. The highest BCUT2D eigenvalue weighted by Crippen LogP contribution is 2.14. The number of carbonyl (C=O) groups is 1. The molecule has 2 amide bonds. The van der Waals surface area contributed by atoms with Crippen molar-refractivity contribution in [2.45, 2.75) is 37.1 Å². The number of nitrogens with one attached hydrogen (secondary N) is 2. The van der Waals surface area contributed by atoms with E-state index in [0.717, 1.165) is 6.42 Å². The zero-order valence-corrected chi connectivity index (χ0v) is 13.6. The van der Waals surface area contributed by atoms with Crippen LogP contribution in [0.25, 0.3) is 0 Å². The minimum absolute atomic E-state index is 0.0637. The monoisotopic (exact) mass is 325 g/mol. The number of sulfonamides is 1. The predicted octanol–water partition coefficient (Wildman–Crippen LogP) is 1.55. The molecule has 1 fully saturated rings. The molecule has 1 saturated heterocycles. The predicted molar refractivity (Wildman–Crippen MR) is 85.0 cm³/mol. The Morgan fingerprint density at radius 3 is 2.45 bits per heavy atom. The molecule has 6 nitrogen and oxygen atoms in total. The fraction of sp³-hybridized carbons (Fsp3) is 0.533. The van der Waals surface area contributed by atoms with Crippen LogP contribution in [-0.4, -0.2) is 45.0 Å². The first kappa shape index (κ1) is 16.8. The van der Waals surface area contributed by atoms with Crippen molar-refractivity contribution in [2.24, 2.45) is 0 Å². The van der Waals surface area contributed by atoms with E-state index in [1.165, 1.54) is 0 Å². The van der Waals surface area contributed by atoms with Crippen LogP contribution >= 0.6 is 0 Å². The van der Waals surface area contributed by atoms with Gasteiger partial charge in [-0.15, -0.1) is 0 Å². The third-order valence-electron chi connectivity index (χ3n) is 3.68. The number of carbonyl (C=O) groups excluding carboxylic acids is 1. The molecule has 0 aromatic heterocycles. The van der Waals surface area contributed by atoms with Gasteiger partial charge in [-0.05, 0) is 31.4 Å². The summed E-state index contributed by atoms with van der Waals surface area (Å²) in [4.78, 5) is 13.9. The summed E-state index contributed by atoms with van der Waals surface area (Å²) in [5.41, 5.74) is 0. The molecule has 0 spiro atoms. The molecule has 1 aromatic rings. The van der Waals surface area contributed by atoms with Crippen molar-refractivity contribution >= 4 is 16.1 Å². The topological polar surface area (TPSA) is 78.5 Å². The lowest BCUT2D eigenvalue weighted by atomic mass is 10.1. The first-order valence-corrected chi connectivity index (χ1v) is 9.11. The van der Waals surface area contributed by atoms with Gasteiger partial charge in [-0.2, -0.15) is 0 Å². The summed E-state index contributed by atoms with van der Waals surface area (Å²) in [6.45, 7) is 3.80. The number of amides is 2. The number of piperidine rings is 1. The molecule has 22 heavy (non-hydrogen) atoms. The second kappa shape index (κ2) is 7.60. The van der Waals surface area contributed by atoms with E-state index in [1.54, 1.807) is 35.2 Å². The fourth-order valence-corrected chi connectivity index (χ4v) is 3.76. The second-order valence-corrected chi connectivity index (χ2v) is 7.14. The Labute approximate surface area is 131 Å². The zero-order valence-electron chi connectivity index (χ0n) is 12.8. The van der Waals surface area contributed by atoms with Crippen LogP contribution in [0.1, 0.15) is 26.2 Å². The molecule has 1 aromatic carbocycles. The van der Waals surface area contributed by atoms with Gasteiger partial charge in [0.2, 0.25) is 10.0 Å². The normalized spacial score (nSPS) is 16.5. The summed E-state index contributed by atoms with van der Waals surface area (Å²) in [7, 11) is -3.48. The minimum atomic E-state index is -3.48. The molecule has 0 bridgehead atoms. The van der Waals surface area contributed by atoms with E-state index < -0.39 is 10.0 Å². The lowest BCUT2D eigenvalue weighted by Gasteiger charge is -2.32. The highest BCUT2D eigenvalue weighted by atomic mass is 32.2. The standard InChI is InChI=1S/C15H23N3O3S/c1-2-10-16-15(19)18-11-8-13(9-12-18)17-22(20,21)14-6-4-3-5-7-14/h3-7,13,17H,2,8-12H2,1H3,(H,16,19). The van der Waals surface area contributed by atoms with Crippen LogP contribution in [0.5, 0.6) is 0 Å². The van der Waals surface area contributed by atoms with Gasteiger partial charge in [0.15, 0.2) is 0 Å². The molecule has 0 unspecified atom stereocenters. The highest BCUT2D eigenvalue weighted by molar-refractivity contribution is 7.89. The average Bonchev–Trinajstić information content (AvgIpc) is 2.54. The van der Waals surface area contributed by atoms with Gasteiger partial charge in [0.05, 0.1) is 4.90 Å². The van der Waals surface area contributed by atoms with Crippen molar-refractivity contribution in [1.82, 2.24) is 14.9 Å². The Bertz CT molecular complexity index is 581. The summed E-state index contributed by atoms with van der Waals surface area (Å²) in [5.74, 6) is 0. The molecule has 0 aliphatic carbocycles. The van der Waals surface area contributed by atoms with Crippen molar-refractivity contribution in [2.75, 3.05) is 19.6 Å². The van der Waals surface area contributed by atoms with Crippen LogP contribution in [0.3, 0.4) is 0 Å². The van der Waals surface area contributed by atoms with Crippen LogP contribution in [0.2, 0.25) is 0 Å². The van der Waals surface area contributed by atoms with E-state index >= 15 is 0 Å². The summed E-state index contributed by atoms with van der Waals surface area (Å²) < 4.78 is 27.2. The van der Waals surface area contributed by atoms with Gasteiger partial charge in [0.25, 0.3) is 0 Å². The average molecular weight is 325 g/mol. The van der Waals surface area contributed by atoms with Crippen molar-refractivity contribution in [3.8, 4) is 0 Å². The molecule has 2 N–H and O–H groups in total. The summed E-state index contributed by atoms with van der Waals surface area (Å²) in [5, 5.41) is 2.84. The molecule has 0 radical (unpaired) electrons. The first-order valence-electron chi connectivity index (χ1n) is 7.63. The van der Waals surface area contributed by atoms with Gasteiger partial charge < -0.3 is 10.2 Å². The molecular formula is C15H23N3O3S. The third kappa shape index (κ3) is 4.45. The lowest BCUT2D eigenvalue weighted by molar-refractivity contribution is 0.180. The number of urea groups is 1. The third-order valence-corrected chi connectivity index (χ3v) is 5.22. The van der Waals surface area contributed by atoms with Crippen molar-refractivity contribution in [1.29, 1.82) is 0 Å². The SMILES string of the molecule is CCCNC(=O)N1CCC(NS(=O)(=O)c2ccccc2)CC1. The lowest BCUT2D eigenvalue weighted by Crippen LogP contribution is -2.49. The fourth-order valence-electron chi connectivity index (χ4n) is 2.43. The molecule has 7 heteroatoms. The van der Waals surface area contributed by atoms with Gasteiger partial charge >= 0.3 is 6.03 Å². The van der Waals surface area contributed by atoms with E-state index in [-0.39, 0.29) is 17.0 Å². The maximum absolute atomic E-state index is 12.3. The Morgan fingerprint density at radius 1 is 1.23 bits per heavy atom. The zero-order chi connectivity index (χ0) is 16.0. The number of likely N-dealkylation sites (tertiary alicyclic amines) is 1. The molecule has 122 valence electrons. The van der Waals surface area contributed by atoms with E-state index in [0.29, 0.717) is 32.5 Å². The number of hydrogen-bond acceptors (Lipinski definition) is 3. The molecule has 2 rings (SSSR count). The summed E-state index contributed by atoms with van der Waals surface area (Å²) in [6, 6.07) is 8.16. The van der Waals surface area contributed by atoms with Gasteiger partial charge in [0.1, 0.15) is 0 Å². The van der Waals surface area contributed by atoms with E-state index in [1.807, 2.05) is 6.92 Å². The molecule has 1 heterocycles. The van der Waals surface area contributed by atoms with E-state index in [9.17, 15) is 13.2 Å². The summed E-state index contributed by atoms with van der Waals surface area (Å²) >= 11 is 0. The van der Waals surface area contributed by atoms with E-state index in [4.69, 9.17) is 0 Å². The number of nitrogens with zero attached hydrogens (tertiary/aromatic N) is 1. The van der Waals surface area contributed by atoms with Crippen LogP contribution in [0.15, 0.2) is 35.2 Å². The van der Waals surface area contributed by atoms with Crippen molar-refractivity contribution < 1.29 is 13.2 Å². The van der Waals surface area contributed by atoms with Crippen molar-refractivity contribution in [3.05, 3.63) is 30.3 Å². The number of benzene rings is 1. The van der Waals surface area contributed by atoms with Crippen LogP contribution in [0, 0.1) is 0 Å². The number of hydrogen-bond donors (Lipinski definition) is 2. The Kier molecular flexibility index (Phi) is 5.79. The van der Waals surface area contributed by atoms with Crippen molar-refractivity contribution in [3.63, 3.8) is 0 Å². The van der Waals surface area contributed by atoms with E-state index in [2.05, 4.69) is 10.0 Å². The second-order valence-electron chi connectivity index (χ2n) is 5.43.